The molecule has 3 N–H and O–H groups in total. The molecule has 30 heavy (non-hydrogen) atoms. The molecule has 1 saturated heterocycles. The number of nitrogens with one attached hydrogen (secondary N) is 2. The van der Waals surface area contributed by atoms with E-state index in [0.29, 0.717) is 55.5 Å². The van der Waals surface area contributed by atoms with Crippen LogP contribution in [0.15, 0.2) is 36.4 Å². The van der Waals surface area contributed by atoms with Crippen LogP contribution in [0.4, 0.5) is 4.39 Å². The van der Waals surface area contributed by atoms with Crippen molar-refractivity contribution >= 4 is 22.7 Å². The second-order valence-electron chi connectivity index (χ2n) is 7.96. The minimum absolute atomic E-state index is 0.0395. The van der Waals surface area contributed by atoms with Crippen LogP contribution in [0.1, 0.15) is 39.1 Å². The molecule has 2 amide bonds. The zero-order valence-corrected chi connectivity index (χ0v) is 16.4. The Morgan fingerprint density at radius 3 is 2.60 bits per heavy atom. The summed E-state index contributed by atoms with van der Waals surface area (Å²) in [7, 11) is 0. The van der Waals surface area contributed by atoms with E-state index in [2.05, 4.69) is 10.3 Å². The lowest BCUT2D eigenvalue weighted by Gasteiger charge is -2.29. The molecule has 0 aliphatic carbocycles. The van der Waals surface area contributed by atoms with Gasteiger partial charge in [-0.15, -0.1) is 0 Å². The first-order valence-electron chi connectivity index (χ1n) is 10.2. The van der Waals surface area contributed by atoms with Gasteiger partial charge in [-0.2, -0.15) is 0 Å². The number of likely N-dealkylation sites (tertiary alicyclic amines) is 1. The number of amides is 2. The molecule has 3 heterocycles. The molecular formula is C23H22FN3O3. The smallest absolute Gasteiger partial charge is 0.253 e. The number of carbonyl (C=O) groups excluding carboxylic acids is 2. The van der Waals surface area contributed by atoms with E-state index in [1.807, 2.05) is 12.1 Å². The van der Waals surface area contributed by atoms with Crippen LogP contribution in [0.5, 0.6) is 0 Å². The van der Waals surface area contributed by atoms with Crippen molar-refractivity contribution in [3.05, 3.63) is 58.9 Å². The van der Waals surface area contributed by atoms with E-state index >= 15 is 0 Å². The van der Waals surface area contributed by atoms with Crippen molar-refractivity contribution < 1.29 is 19.1 Å². The highest BCUT2D eigenvalue weighted by Gasteiger charge is 2.25. The third-order valence-corrected chi connectivity index (χ3v) is 6.04. The summed E-state index contributed by atoms with van der Waals surface area (Å²) in [5.41, 5.74) is 4.24. The van der Waals surface area contributed by atoms with Gasteiger partial charge in [-0.05, 0) is 54.7 Å². The van der Waals surface area contributed by atoms with E-state index in [4.69, 9.17) is 0 Å². The molecule has 5 rings (SSSR count). The van der Waals surface area contributed by atoms with Gasteiger partial charge in [0.1, 0.15) is 5.82 Å². The van der Waals surface area contributed by atoms with Crippen LogP contribution in [-0.2, 0) is 6.42 Å². The van der Waals surface area contributed by atoms with E-state index in [1.165, 1.54) is 12.1 Å². The molecule has 7 heteroatoms. The Morgan fingerprint density at radius 2 is 1.87 bits per heavy atom. The first-order valence-corrected chi connectivity index (χ1v) is 10.2. The van der Waals surface area contributed by atoms with Crippen molar-refractivity contribution in [3.63, 3.8) is 0 Å². The lowest BCUT2D eigenvalue weighted by Crippen LogP contribution is -2.40. The lowest BCUT2D eigenvalue weighted by atomic mass is 9.99. The molecule has 2 aromatic carbocycles. The Bertz CT molecular complexity index is 1140. The highest BCUT2D eigenvalue weighted by molar-refractivity contribution is 6.10. The van der Waals surface area contributed by atoms with Gasteiger partial charge in [-0.1, -0.05) is 12.1 Å². The number of aromatic nitrogens is 1. The van der Waals surface area contributed by atoms with Crippen LogP contribution in [-0.4, -0.2) is 52.5 Å². The predicted octanol–water partition coefficient (Wildman–Crippen LogP) is 2.86. The molecule has 0 atom stereocenters. The van der Waals surface area contributed by atoms with Crippen LogP contribution < -0.4 is 5.32 Å². The van der Waals surface area contributed by atoms with Gasteiger partial charge in [0.05, 0.1) is 11.7 Å². The molecule has 0 spiro atoms. The summed E-state index contributed by atoms with van der Waals surface area (Å²) < 4.78 is 14.0. The average Bonchev–Trinajstić information content (AvgIpc) is 3.02. The second kappa shape index (κ2) is 7.25. The highest BCUT2D eigenvalue weighted by atomic mass is 19.1. The fourth-order valence-corrected chi connectivity index (χ4v) is 4.47. The number of hydrogen-bond donors (Lipinski definition) is 3. The van der Waals surface area contributed by atoms with Crippen LogP contribution in [0.3, 0.4) is 0 Å². The van der Waals surface area contributed by atoms with Gasteiger partial charge in [0.2, 0.25) is 0 Å². The number of aliphatic hydroxyl groups excluding tert-OH is 1. The fourth-order valence-electron chi connectivity index (χ4n) is 4.47. The normalized spacial score (nSPS) is 17.1. The zero-order chi connectivity index (χ0) is 20.8. The number of nitrogens with zero attached hydrogens (tertiary/aromatic N) is 1. The summed E-state index contributed by atoms with van der Waals surface area (Å²) in [6, 6.07) is 10.0. The van der Waals surface area contributed by atoms with Crippen molar-refractivity contribution in [2.45, 2.75) is 25.4 Å². The van der Waals surface area contributed by atoms with Crippen molar-refractivity contribution in [2.75, 3.05) is 19.6 Å². The van der Waals surface area contributed by atoms with E-state index < -0.39 is 5.82 Å². The van der Waals surface area contributed by atoms with Crippen molar-refractivity contribution in [3.8, 4) is 11.3 Å². The molecular weight excluding hydrogens is 385 g/mol. The number of rotatable bonds is 2. The number of carbonyl (C=O) groups is 2. The lowest BCUT2D eigenvalue weighted by molar-refractivity contribution is 0.0546. The zero-order valence-electron chi connectivity index (χ0n) is 16.4. The molecule has 1 aromatic heterocycles. The van der Waals surface area contributed by atoms with Crippen molar-refractivity contribution in [1.82, 2.24) is 15.2 Å². The number of H-pyrrole nitrogens is 1. The summed E-state index contributed by atoms with van der Waals surface area (Å²) in [5.74, 6) is -0.764. The Labute approximate surface area is 172 Å². The molecule has 3 aromatic rings. The summed E-state index contributed by atoms with van der Waals surface area (Å²) in [4.78, 5) is 30.1. The van der Waals surface area contributed by atoms with Gasteiger partial charge >= 0.3 is 0 Å². The first-order chi connectivity index (χ1) is 14.5. The number of hydrogen-bond acceptors (Lipinski definition) is 3. The third-order valence-electron chi connectivity index (χ3n) is 6.04. The monoisotopic (exact) mass is 407 g/mol. The summed E-state index contributed by atoms with van der Waals surface area (Å²) in [5, 5.41) is 13.2. The molecule has 1 fully saturated rings. The number of piperidine rings is 1. The maximum atomic E-state index is 14.0. The number of halogens is 1. The molecule has 0 radical (unpaired) electrons. The van der Waals surface area contributed by atoms with Gasteiger partial charge in [0, 0.05) is 41.8 Å². The molecule has 0 bridgehead atoms. The molecule has 154 valence electrons. The molecule has 0 saturated carbocycles. The average molecular weight is 407 g/mol. The van der Waals surface area contributed by atoms with Crippen LogP contribution in [0, 0.1) is 5.82 Å². The van der Waals surface area contributed by atoms with E-state index in [0.717, 1.165) is 22.2 Å². The van der Waals surface area contributed by atoms with Crippen LogP contribution in [0.2, 0.25) is 0 Å². The number of aromatic amines is 1. The highest BCUT2D eigenvalue weighted by Crippen LogP contribution is 2.35. The largest absolute Gasteiger partial charge is 0.393 e. The first kappa shape index (κ1) is 18.8. The van der Waals surface area contributed by atoms with Gasteiger partial charge < -0.3 is 20.3 Å². The maximum Gasteiger partial charge on any atom is 0.253 e. The van der Waals surface area contributed by atoms with Crippen LogP contribution in [0.25, 0.3) is 22.2 Å². The van der Waals surface area contributed by atoms with Gasteiger partial charge in [-0.3, -0.25) is 9.59 Å². The Balaban J connectivity index is 1.50. The van der Waals surface area contributed by atoms with Crippen molar-refractivity contribution in [1.29, 1.82) is 0 Å². The molecule has 2 aliphatic heterocycles. The van der Waals surface area contributed by atoms with Gasteiger partial charge in [0.25, 0.3) is 11.8 Å². The van der Waals surface area contributed by atoms with Gasteiger partial charge in [-0.25, -0.2) is 4.39 Å². The van der Waals surface area contributed by atoms with E-state index in [-0.39, 0.29) is 17.9 Å². The summed E-state index contributed by atoms with van der Waals surface area (Å²) >= 11 is 0. The van der Waals surface area contributed by atoms with E-state index in [1.54, 1.807) is 17.0 Å². The molecule has 0 unspecified atom stereocenters. The molecule has 6 nitrogen and oxygen atoms in total. The summed E-state index contributed by atoms with van der Waals surface area (Å²) in [6.45, 7) is 1.60. The Hall–Kier alpha value is -3.19. The Morgan fingerprint density at radius 1 is 1.13 bits per heavy atom. The molecule has 2 aliphatic rings. The predicted molar refractivity (Wildman–Crippen MR) is 111 cm³/mol. The quantitative estimate of drug-likeness (QED) is 0.611. The topological polar surface area (TPSA) is 85.4 Å². The third kappa shape index (κ3) is 3.15. The standard InChI is InChI=1S/C23H22FN3O3/c24-15-11-18-20-17(5-8-25-22(18)29)21(26-19(20)12-15)13-1-3-14(4-2-13)23(30)27-9-6-16(28)7-10-27/h1-4,11-12,16,26,28H,5-10H2,(H,25,29). The van der Waals surface area contributed by atoms with Crippen LogP contribution >= 0.6 is 0 Å². The summed E-state index contributed by atoms with van der Waals surface area (Å²) in [6.07, 6.45) is 1.52. The van der Waals surface area contributed by atoms with Crippen molar-refractivity contribution in [2.24, 2.45) is 0 Å². The van der Waals surface area contributed by atoms with Gasteiger partial charge in [0.15, 0.2) is 0 Å². The Kier molecular flexibility index (Phi) is 4.55. The SMILES string of the molecule is O=C1NCCc2c(-c3ccc(C(=O)N4CCC(O)CC4)cc3)[nH]c3cc(F)cc1c23. The maximum absolute atomic E-state index is 14.0. The minimum Gasteiger partial charge on any atom is -0.393 e. The fraction of sp³-hybridized carbons (Fsp3) is 0.304. The number of benzene rings is 2. The minimum atomic E-state index is -0.457. The second-order valence-corrected chi connectivity index (χ2v) is 7.96. The van der Waals surface area contributed by atoms with E-state index in [9.17, 15) is 19.1 Å². The number of aliphatic hydroxyl groups is 1.